The Labute approximate surface area is 145 Å². The molecular weight excluding hydrogens is 328 g/mol. The van der Waals surface area contributed by atoms with Gasteiger partial charge in [-0.15, -0.1) is 0 Å². The summed E-state index contributed by atoms with van der Waals surface area (Å²) in [6.45, 7) is 0.986. The molecule has 0 saturated carbocycles. The smallest absolute Gasteiger partial charge is 0.408 e. The molecule has 1 aromatic rings. The van der Waals surface area contributed by atoms with Crippen LogP contribution in [0.4, 0.5) is 4.79 Å². The van der Waals surface area contributed by atoms with E-state index in [1.807, 2.05) is 30.3 Å². The number of carbonyl (C=O) groups excluding carboxylic acids is 2. The minimum Gasteiger partial charge on any atom is -0.480 e. The molecule has 136 valence electrons. The molecule has 1 aliphatic heterocycles. The lowest BCUT2D eigenvalue weighted by Crippen LogP contribution is -2.41. The van der Waals surface area contributed by atoms with Crippen molar-refractivity contribution in [3.05, 3.63) is 35.9 Å². The molecule has 1 fully saturated rings. The molecule has 1 heterocycles. The van der Waals surface area contributed by atoms with Crippen molar-refractivity contribution in [2.24, 2.45) is 0 Å². The van der Waals surface area contributed by atoms with E-state index in [9.17, 15) is 19.5 Å². The number of amides is 2. The van der Waals surface area contributed by atoms with Crippen LogP contribution in [0.5, 0.6) is 0 Å². The first-order chi connectivity index (χ1) is 12.1. The molecule has 1 saturated heterocycles. The van der Waals surface area contributed by atoms with Crippen molar-refractivity contribution < 1.29 is 29.0 Å². The first-order valence-corrected chi connectivity index (χ1v) is 8.15. The zero-order chi connectivity index (χ0) is 18.1. The molecule has 1 unspecified atom stereocenters. The van der Waals surface area contributed by atoms with Crippen LogP contribution in [-0.4, -0.2) is 48.4 Å². The number of aliphatic carboxylic acids is 1. The summed E-state index contributed by atoms with van der Waals surface area (Å²) in [5.74, 6) is -1.26. The maximum absolute atomic E-state index is 11.7. The van der Waals surface area contributed by atoms with Crippen molar-refractivity contribution in [3.63, 3.8) is 0 Å². The standard InChI is InChI=1S/C17H22N2O6/c20-15(14-11-24-14)18-9-5-4-8-13(16(21)22)19-17(23)25-10-12-6-2-1-3-7-12/h1-3,6-7,13-14H,4-5,8-11H2,(H,18,20)(H,19,23)(H,21,22)/t13-,14?/m0/s1. The molecule has 2 rings (SSSR count). The van der Waals surface area contributed by atoms with E-state index >= 15 is 0 Å². The number of unbranched alkanes of at least 4 members (excludes halogenated alkanes) is 1. The van der Waals surface area contributed by atoms with Crippen molar-refractivity contribution >= 4 is 18.0 Å². The van der Waals surface area contributed by atoms with Crippen LogP contribution in [0, 0.1) is 0 Å². The number of carboxylic acid groups (broad SMARTS) is 1. The van der Waals surface area contributed by atoms with Crippen LogP contribution in [0.3, 0.4) is 0 Å². The molecule has 0 aliphatic carbocycles. The van der Waals surface area contributed by atoms with Crippen LogP contribution in [0.2, 0.25) is 0 Å². The summed E-state index contributed by atoms with van der Waals surface area (Å²) in [6.07, 6.45) is 0.319. The Balaban J connectivity index is 1.62. The van der Waals surface area contributed by atoms with E-state index in [1.165, 1.54) is 0 Å². The third kappa shape index (κ3) is 7.21. The minimum atomic E-state index is -1.12. The Hall–Kier alpha value is -2.61. The summed E-state index contributed by atoms with van der Waals surface area (Å²) in [6, 6.07) is 8.09. The van der Waals surface area contributed by atoms with Crippen LogP contribution in [0.1, 0.15) is 24.8 Å². The van der Waals surface area contributed by atoms with Crippen LogP contribution in [0.25, 0.3) is 0 Å². The van der Waals surface area contributed by atoms with Gasteiger partial charge in [-0.05, 0) is 24.8 Å². The van der Waals surface area contributed by atoms with E-state index in [0.717, 1.165) is 5.56 Å². The van der Waals surface area contributed by atoms with Crippen molar-refractivity contribution in [2.75, 3.05) is 13.2 Å². The van der Waals surface area contributed by atoms with Gasteiger partial charge in [-0.25, -0.2) is 9.59 Å². The number of epoxide rings is 1. The van der Waals surface area contributed by atoms with E-state index in [-0.39, 0.29) is 25.0 Å². The molecule has 0 aromatic heterocycles. The van der Waals surface area contributed by atoms with E-state index in [2.05, 4.69) is 10.6 Å². The van der Waals surface area contributed by atoms with Crippen LogP contribution in [0.15, 0.2) is 30.3 Å². The van der Waals surface area contributed by atoms with Crippen molar-refractivity contribution in [2.45, 2.75) is 38.0 Å². The normalized spacial score (nSPS) is 16.6. The van der Waals surface area contributed by atoms with Gasteiger partial charge in [-0.1, -0.05) is 30.3 Å². The molecule has 8 heteroatoms. The largest absolute Gasteiger partial charge is 0.480 e. The lowest BCUT2D eigenvalue weighted by atomic mass is 10.1. The average molecular weight is 350 g/mol. The molecule has 0 bridgehead atoms. The van der Waals surface area contributed by atoms with Crippen molar-refractivity contribution in [1.29, 1.82) is 0 Å². The van der Waals surface area contributed by atoms with Gasteiger partial charge in [0.15, 0.2) is 6.10 Å². The number of carbonyl (C=O) groups is 3. The summed E-state index contributed by atoms with van der Waals surface area (Å²) in [5, 5.41) is 14.2. The topological polar surface area (TPSA) is 117 Å². The maximum atomic E-state index is 11.7. The number of alkyl carbamates (subject to hydrolysis) is 1. The first-order valence-electron chi connectivity index (χ1n) is 8.15. The summed E-state index contributed by atoms with van der Waals surface area (Å²) >= 11 is 0. The third-order valence-corrected chi connectivity index (χ3v) is 3.65. The van der Waals surface area contributed by atoms with E-state index in [4.69, 9.17) is 9.47 Å². The minimum absolute atomic E-state index is 0.0777. The van der Waals surface area contributed by atoms with Gasteiger partial charge in [0.25, 0.3) is 5.91 Å². The Bertz CT molecular complexity index is 588. The highest BCUT2D eigenvalue weighted by Gasteiger charge is 2.30. The first kappa shape index (κ1) is 18.7. The second-order valence-corrected chi connectivity index (χ2v) is 5.71. The number of hydrogen-bond acceptors (Lipinski definition) is 5. The lowest BCUT2D eigenvalue weighted by molar-refractivity contribution is -0.139. The maximum Gasteiger partial charge on any atom is 0.408 e. The number of hydrogen-bond donors (Lipinski definition) is 3. The quantitative estimate of drug-likeness (QED) is 0.429. The second-order valence-electron chi connectivity index (χ2n) is 5.71. The molecule has 3 N–H and O–H groups in total. The van der Waals surface area contributed by atoms with Crippen LogP contribution >= 0.6 is 0 Å². The molecule has 0 radical (unpaired) electrons. The summed E-state index contributed by atoms with van der Waals surface area (Å²) in [5.41, 5.74) is 0.819. The SMILES string of the molecule is O=C(N[C@@H](CCCCNC(=O)C1CO1)C(=O)O)OCc1ccccc1. The molecule has 8 nitrogen and oxygen atoms in total. The number of nitrogens with one attached hydrogen (secondary N) is 2. The number of benzene rings is 1. The van der Waals surface area contributed by atoms with Crippen LogP contribution in [-0.2, 0) is 25.7 Å². The van der Waals surface area contributed by atoms with Crippen LogP contribution < -0.4 is 10.6 Å². The lowest BCUT2D eigenvalue weighted by Gasteiger charge is -2.14. The fraction of sp³-hybridized carbons (Fsp3) is 0.471. The fourth-order valence-corrected chi connectivity index (χ4v) is 2.16. The Kier molecular flexibility index (Phi) is 7.21. The molecule has 25 heavy (non-hydrogen) atoms. The molecule has 2 atom stereocenters. The summed E-state index contributed by atoms with van der Waals surface area (Å²) in [4.78, 5) is 34.3. The Morgan fingerprint density at radius 1 is 1.24 bits per heavy atom. The molecular formula is C17H22N2O6. The highest BCUT2D eigenvalue weighted by molar-refractivity contribution is 5.82. The molecule has 1 aromatic carbocycles. The predicted molar refractivity (Wildman–Crippen MR) is 87.8 cm³/mol. The van der Waals surface area contributed by atoms with Crippen molar-refractivity contribution in [1.82, 2.24) is 10.6 Å². The number of ether oxygens (including phenoxy) is 2. The molecule has 0 spiro atoms. The molecule has 1 aliphatic rings. The van der Waals surface area contributed by atoms with Crippen molar-refractivity contribution in [3.8, 4) is 0 Å². The fourth-order valence-electron chi connectivity index (χ4n) is 2.16. The predicted octanol–water partition coefficient (Wildman–Crippen LogP) is 1.05. The average Bonchev–Trinajstić information content (AvgIpc) is 3.44. The van der Waals surface area contributed by atoms with Gasteiger partial charge >= 0.3 is 12.1 Å². The van der Waals surface area contributed by atoms with Gasteiger partial charge < -0.3 is 25.2 Å². The van der Waals surface area contributed by atoms with Gasteiger partial charge in [0, 0.05) is 6.54 Å². The second kappa shape index (κ2) is 9.63. The summed E-state index contributed by atoms with van der Waals surface area (Å²) in [7, 11) is 0. The number of carboxylic acids is 1. The van der Waals surface area contributed by atoms with Gasteiger partial charge in [-0.2, -0.15) is 0 Å². The monoisotopic (exact) mass is 350 g/mol. The zero-order valence-electron chi connectivity index (χ0n) is 13.8. The Morgan fingerprint density at radius 3 is 2.60 bits per heavy atom. The van der Waals surface area contributed by atoms with E-state index in [1.54, 1.807) is 0 Å². The van der Waals surface area contributed by atoms with Gasteiger partial charge in [0.1, 0.15) is 12.6 Å². The Morgan fingerprint density at radius 2 is 1.96 bits per heavy atom. The van der Waals surface area contributed by atoms with E-state index < -0.39 is 18.1 Å². The zero-order valence-corrected chi connectivity index (χ0v) is 13.8. The van der Waals surface area contributed by atoms with Gasteiger partial charge in [0.05, 0.1) is 6.61 Å². The molecule has 2 amide bonds. The highest BCUT2D eigenvalue weighted by atomic mass is 16.6. The third-order valence-electron chi connectivity index (χ3n) is 3.65. The highest BCUT2D eigenvalue weighted by Crippen LogP contribution is 2.08. The van der Waals surface area contributed by atoms with E-state index in [0.29, 0.717) is 26.0 Å². The summed E-state index contributed by atoms with van der Waals surface area (Å²) < 4.78 is 9.86. The van der Waals surface area contributed by atoms with Gasteiger partial charge in [-0.3, -0.25) is 4.79 Å². The number of rotatable bonds is 10. The van der Waals surface area contributed by atoms with Gasteiger partial charge in [0.2, 0.25) is 0 Å².